The van der Waals surface area contributed by atoms with Gasteiger partial charge in [-0.25, -0.2) is 8.78 Å². The first kappa shape index (κ1) is 24.8. The van der Waals surface area contributed by atoms with E-state index in [1.165, 1.54) is 61.8 Å². The maximum atomic E-state index is 13.5. The summed E-state index contributed by atoms with van der Waals surface area (Å²) in [5.74, 6) is 0.168. The van der Waals surface area contributed by atoms with Crippen LogP contribution in [0.4, 0.5) is 8.78 Å². The summed E-state index contributed by atoms with van der Waals surface area (Å²) in [7, 11) is -0.428. The number of halogens is 2. The van der Waals surface area contributed by atoms with E-state index in [-0.39, 0.29) is 0 Å². The fourth-order valence-electron chi connectivity index (χ4n) is 5.39. The Labute approximate surface area is 206 Å². The van der Waals surface area contributed by atoms with Crippen LogP contribution in [0.1, 0.15) is 51.5 Å². The molecule has 0 spiro atoms. The summed E-state index contributed by atoms with van der Waals surface area (Å²) in [6.45, 7) is 4.69. The summed E-state index contributed by atoms with van der Waals surface area (Å²) in [6.07, 6.45) is 8.34. The molecule has 0 radical (unpaired) electrons. The largest absolute Gasteiger partial charge is 0.204 e. The van der Waals surface area contributed by atoms with Crippen LogP contribution < -0.4 is 0 Å². The average Bonchev–Trinajstić information content (AvgIpc) is 2.85. The van der Waals surface area contributed by atoms with Gasteiger partial charge in [0.2, 0.25) is 0 Å². The normalized spacial score (nSPS) is 18.4. The monoisotopic (exact) mass is 476 g/mol. The van der Waals surface area contributed by atoms with Crippen molar-refractivity contribution in [3.63, 3.8) is 0 Å². The first-order valence-corrected chi connectivity index (χ1v) is 15.6. The summed E-state index contributed by atoms with van der Waals surface area (Å²) >= 11 is 0. The Morgan fingerprint density at radius 3 is 1.91 bits per heavy atom. The Morgan fingerprint density at radius 1 is 0.765 bits per heavy atom. The number of aryl methyl sites for hydroxylation is 1. The maximum Gasteiger partial charge on any atom is 0.159 e. The molecule has 1 heterocycles. The third-order valence-corrected chi connectivity index (χ3v) is 11.2. The molecule has 0 unspecified atom stereocenters. The molecule has 4 rings (SSSR count). The first-order chi connectivity index (χ1) is 16.5. The summed E-state index contributed by atoms with van der Waals surface area (Å²) in [6, 6.07) is 25.8. The molecule has 0 atom stereocenters. The topological polar surface area (TPSA) is 0 Å². The lowest BCUT2D eigenvalue weighted by Gasteiger charge is -2.28. The van der Waals surface area contributed by atoms with Crippen molar-refractivity contribution in [2.24, 2.45) is 11.8 Å². The van der Waals surface area contributed by atoms with E-state index in [0.717, 1.165) is 23.0 Å². The maximum absolute atomic E-state index is 13.5. The fourth-order valence-corrected chi connectivity index (χ4v) is 8.95. The minimum absolute atomic E-state index is 0.428. The molecule has 1 aliphatic heterocycles. The SMILES string of the molecule is CC(C)CCC[Si@H]1CC[C@H](CCc2ccc(-c3ccc(-c4ccc(F)c(F)c4)cc3)cc2)CC1. The van der Waals surface area contributed by atoms with E-state index in [9.17, 15) is 8.78 Å². The molecular weight excluding hydrogens is 438 g/mol. The molecule has 3 aromatic rings. The van der Waals surface area contributed by atoms with Crippen molar-refractivity contribution in [1.82, 2.24) is 0 Å². The van der Waals surface area contributed by atoms with Crippen LogP contribution in [0.15, 0.2) is 66.7 Å². The summed E-state index contributed by atoms with van der Waals surface area (Å²) in [5, 5.41) is 0. The zero-order chi connectivity index (χ0) is 23.9. The van der Waals surface area contributed by atoms with E-state index in [2.05, 4.69) is 50.2 Å². The van der Waals surface area contributed by atoms with Crippen LogP contribution >= 0.6 is 0 Å². The third-order valence-electron chi connectivity index (χ3n) is 7.63. The zero-order valence-corrected chi connectivity index (χ0v) is 21.9. The molecule has 180 valence electrons. The number of hydrogen-bond acceptors (Lipinski definition) is 0. The molecule has 3 heteroatoms. The van der Waals surface area contributed by atoms with Crippen molar-refractivity contribution in [2.45, 2.75) is 70.5 Å². The second kappa shape index (κ2) is 11.9. The molecule has 0 amide bonds. The molecule has 1 fully saturated rings. The molecule has 1 aliphatic rings. The minimum atomic E-state index is -0.813. The van der Waals surface area contributed by atoms with Gasteiger partial charge in [0.25, 0.3) is 0 Å². The van der Waals surface area contributed by atoms with Crippen LogP contribution in [0.2, 0.25) is 18.1 Å². The van der Waals surface area contributed by atoms with Crippen molar-refractivity contribution < 1.29 is 8.78 Å². The lowest BCUT2D eigenvalue weighted by Crippen LogP contribution is -2.21. The van der Waals surface area contributed by atoms with Crippen molar-refractivity contribution in [1.29, 1.82) is 0 Å². The number of hydrogen-bond donors (Lipinski definition) is 0. The van der Waals surface area contributed by atoms with Crippen molar-refractivity contribution in [3.8, 4) is 22.3 Å². The van der Waals surface area contributed by atoms with Crippen LogP contribution in [-0.2, 0) is 6.42 Å². The van der Waals surface area contributed by atoms with Crippen molar-refractivity contribution in [2.75, 3.05) is 0 Å². The lowest BCUT2D eigenvalue weighted by atomic mass is 9.93. The van der Waals surface area contributed by atoms with Gasteiger partial charge in [0.1, 0.15) is 0 Å². The molecule has 0 nitrogen and oxygen atoms in total. The standard InChI is InChI=1S/C31H38F2Si/c1-23(2)4-3-19-34-20-17-25(18-21-34)6-5-24-7-9-26(10-8-24)27-11-13-28(14-12-27)29-15-16-30(32)31(33)22-29/h7-16,22-23,25,34H,3-6,17-21H2,1-2H3/t25-,34-. The Bertz CT molecular complexity index is 1030. The Hall–Kier alpha value is -2.26. The summed E-state index contributed by atoms with van der Waals surface area (Å²) in [4.78, 5) is 0. The van der Waals surface area contributed by atoms with Gasteiger partial charge >= 0.3 is 0 Å². The fraction of sp³-hybridized carbons (Fsp3) is 0.419. The quantitative estimate of drug-likeness (QED) is 0.270. The van der Waals surface area contributed by atoms with E-state index in [4.69, 9.17) is 0 Å². The first-order valence-electron chi connectivity index (χ1n) is 13.1. The van der Waals surface area contributed by atoms with Crippen LogP contribution in [0.25, 0.3) is 22.3 Å². The molecule has 0 aliphatic carbocycles. The number of rotatable bonds is 9. The van der Waals surface area contributed by atoms with Gasteiger partial charge in [-0.2, -0.15) is 0 Å². The summed E-state index contributed by atoms with van der Waals surface area (Å²) < 4.78 is 26.7. The van der Waals surface area contributed by atoms with Crippen LogP contribution in [0.3, 0.4) is 0 Å². The van der Waals surface area contributed by atoms with Crippen molar-refractivity contribution in [3.05, 3.63) is 83.9 Å². The third kappa shape index (κ3) is 6.88. The van der Waals surface area contributed by atoms with Gasteiger partial charge in [-0.15, -0.1) is 0 Å². The molecule has 0 N–H and O–H groups in total. The van der Waals surface area contributed by atoms with E-state index in [1.54, 1.807) is 24.2 Å². The molecule has 0 bridgehead atoms. The average molecular weight is 477 g/mol. The lowest BCUT2D eigenvalue weighted by molar-refractivity contribution is 0.436. The van der Waals surface area contributed by atoms with E-state index < -0.39 is 20.4 Å². The Balaban J connectivity index is 1.25. The van der Waals surface area contributed by atoms with E-state index >= 15 is 0 Å². The van der Waals surface area contributed by atoms with E-state index in [1.807, 2.05) is 12.1 Å². The predicted molar refractivity (Wildman–Crippen MR) is 144 cm³/mol. The predicted octanol–water partition coefficient (Wildman–Crippen LogP) is 9.30. The van der Waals surface area contributed by atoms with Crippen LogP contribution in [-0.4, -0.2) is 8.80 Å². The van der Waals surface area contributed by atoms with Gasteiger partial charge in [0.15, 0.2) is 11.6 Å². The van der Waals surface area contributed by atoms with Gasteiger partial charge in [-0.3, -0.25) is 0 Å². The molecule has 1 saturated heterocycles. The highest BCUT2D eigenvalue weighted by atomic mass is 28.3. The van der Waals surface area contributed by atoms with Gasteiger partial charge in [-0.1, -0.05) is 112 Å². The van der Waals surface area contributed by atoms with Gasteiger partial charge in [-0.05, 0) is 64.6 Å². The minimum Gasteiger partial charge on any atom is -0.204 e. The molecule has 0 saturated carbocycles. The molecular formula is C31H38F2Si. The highest BCUT2D eigenvalue weighted by molar-refractivity contribution is 6.58. The van der Waals surface area contributed by atoms with Crippen LogP contribution in [0, 0.1) is 23.5 Å². The number of benzene rings is 3. The zero-order valence-electron chi connectivity index (χ0n) is 20.7. The highest BCUT2D eigenvalue weighted by Crippen LogP contribution is 2.32. The van der Waals surface area contributed by atoms with Gasteiger partial charge in [0.05, 0.1) is 0 Å². The van der Waals surface area contributed by atoms with Gasteiger partial charge < -0.3 is 0 Å². The second-order valence-corrected chi connectivity index (χ2v) is 14.1. The second-order valence-electron chi connectivity index (χ2n) is 10.7. The Morgan fingerprint density at radius 2 is 1.32 bits per heavy atom. The van der Waals surface area contributed by atoms with E-state index in [0.29, 0.717) is 5.56 Å². The summed E-state index contributed by atoms with van der Waals surface area (Å²) in [5.41, 5.74) is 5.33. The highest BCUT2D eigenvalue weighted by Gasteiger charge is 2.21. The van der Waals surface area contributed by atoms with Crippen molar-refractivity contribution >= 4 is 8.80 Å². The Kier molecular flexibility index (Phi) is 8.72. The molecule has 3 aromatic carbocycles. The van der Waals surface area contributed by atoms with Gasteiger partial charge in [0, 0.05) is 8.80 Å². The van der Waals surface area contributed by atoms with Crippen LogP contribution in [0.5, 0.6) is 0 Å². The smallest absolute Gasteiger partial charge is 0.159 e. The molecule has 0 aromatic heterocycles. The molecule has 34 heavy (non-hydrogen) atoms.